The molecule has 1 aromatic carbocycles. The van der Waals surface area contributed by atoms with E-state index in [0.717, 1.165) is 28.6 Å². The fourth-order valence-electron chi connectivity index (χ4n) is 2.41. The number of hydrogen-bond donors (Lipinski definition) is 2. The largest absolute Gasteiger partial charge is 0.302 e. The normalized spacial score (nSPS) is 13.8. The number of nitrogens with one attached hydrogen (secondary N) is 2. The lowest BCUT2D eigenvalue weighted by Gasteiger charge is -1.99. The number of anilines is 2. The number of hydrogen-bond acceptors (Lipinski definition) is 6. The van der Waals surface area contributed by atoms with E-state index < -0.39 is 0 Å². The second-order valence-electron chi connectivity index (χ2n) is 6.12. The summed E-state index contributed by atoms with van der Waals surface area (Å²) in [6.07, 6.45) is 2.06. The van der Waals surface area contributed by atoms with E-state index in [0.29, 0.717) is 16.0 Å². The third-order valence-corrected chi connectivity index (χ3v) is 5.60. The molecule has 1 fully saturated rings. The first-order valence-corrected chi connectivity index (χ1v) is 9.69. The van der Waals surface area contributed by atoms with Crippen molar-refractivity contribution in [2.24, 2.45) is 5.92 Å². The number of fused-ring (bicyclic) bond motifs is 1. The molecule has 4 rings (SSSR count). The molecule has 2 N–H and O–H groups in total. The van der Waals surface area contributed by atoms with Crippen LogP contribution < -0.4 is 10.6 Å². The van der Waals surface area contributed by atoms with Crippen molar-refractivity contribution in [3.63, 3.8) is 0 Å². The van der Waals surface area contributed by atoms with Gasteiger partial charge in [-0.1, -0.05) is 17.4 Å². The summed E-state index contributed by atoms with van der Waals surface area (Å²) in [5, 5.41) is 8.55. The Bertz CT molecular complexity index is 959. The van der Waals surface area contributed by atoms with Gasteiger partial charge in [0.1, 0.15) is 0 Å². The molecule has 128 valence electrons. The third-order valence-electron chi connectivity index (χ3n) is 3.86. The summed E-state index contributed by atoms with van der Waals surface area (Å²) in [7, 11) is 0. The van der Waals surface area contributed by atoms with Crippen LogP contribution in [0.1, 0.15) is 24.1 Å². The lowest BCUT2D eigenvalue weighted by molar-refractivity contribution is -0.117. The summed E-state index contributed by atoms with van der Waals surface area (Å²) < 4.78 is 1.05. The predicted octanol–water partition coefficient (Wildman–Crippen LogP) is 3.59. The molecule has 0 spiro atoms. The molecule has 0 aliphatic heterocycles. The van der Waals surface area contributed by atoms with Gasteiger partial charge in [0.15, 0.2) is 10.3 Å². The monoisotopic (exact) mass is 372 g/mol. The fourth-order valence-corrected chi connectivity index (χ4v) is 4.11. The van der Waals surface area contributed by atoms with Crippen molar-refractivity contribution in [2.45, 2.75) is 26.2 Å². The SMILES string of the molecule is Cc1ccc2nc(NC(=O)Cc3csc(NC(=O)C4CC4)n3)sc2c1. The van der Waals surface area contributed by atoms with E-state index >= 15 is 0 Å². The van der Waals surface area contributed by atoms with Gasteiger partial charge >= 0.3 is 0 Å². The van der Waals surface area contributed by atoms with Crippen molar-refractivity contribution >= 4 is 55.0 Å². The molecular formula is C17H16N4O2S2. The maximum atomic E-state index is 12.2. The van der Waals surface area contributed by atoms with Crippen LogP contribution in [-0.4, -0.2) is 21.8 Å². The van der Waals surface area contributed by atoms with E-state index in [4.69, 9.17) is 0 Å². The smallest absolute Gasteiger partial charge is 0.232 e. The maximum absolute atomic E-state index is 12.2. The number of aromatic nitrogens is 2. The molecule has 1 aliphatic rings. The molecule has 3 aromatic rings. The Morgan fingerprint density at radius 1 is 1.20 bits per heavy atom. The minimum Gasteiger partial charge on any atom is -0.302 e. The standard InChI is InChI=1S/C17H16N4O2S2/c1-9-2-5-12-13(6-9)25-17(19-12)20-14(22)7-11-8-24-16(18-11)21-15(23)10-3-4-10/h2,5-6,8,10H,3-4,7H2,1H3,(H,18,21,23)(H,19,20,22). The van der Waals surface area contributed by atoms with Gasteiger partial charge in [0.25, 0.3) is 0 Å². The summed E-state index contributed by atoms with van der Waals surface area (Å²) in [6.45, 7) is 2.03. The average molecular weight is 372 g/mol. The van der Waals surface area contributed by atoms with Crippen LogP contribution in [0, 0.1) is 12.8 Å². The summed E-state index contributed by atoms with van der Waals surface area (Å²) in [5.74, 6) is -0.00501. The highest BCUT2D eigenvalue weighted by molar-refractivity contribution is 7.22. The Balaban J connectivity index is 1.37. The zero-order chi connectivity index (χ0) is 17.4. The second kappa shape index (κ2) is 6.53. The van der Waals surface area contributed by atoms with Crippen molar-refractivity contribution < 1.29 is 9.59 Å². The van der Waals surface area contributed by atoms with Gasteiger partial charge in [-0.3, -0.25) is 9.59 Å². The van der Waals surface area contributed by atoms with E-state index in [9.17, 15) is 9.59 Å². The van der Waals surface area contributed by atoms with Crippen molar-refractivity contribution in [1.29, 1.82) is 0 Å². The zero-order valence-electron chi connectivity index (χ0n) is 13.5. The van der Waals surface area contributed by atoms with Gasteiger partial charge in [0.05, 0.1) is 22.3 Å². The number of amides is 2. The van der Waals surface area contributed by atoms with Crippen LogP contribution in [-0.2, 0) is 16.0 Å². The van der Waals surface area contributed by atoms with Crippen LogP contribution in [0.4, 0.5) is 10.3 Å². The van der Waals surface area contributed by atoms with Crippen molar-refractivity contribution in [3.8, 4) is 0 Å². The molecule has 25 heavy (non-hydrogen) atoms. The topological polar surface area (TPSA) is 84.0 Å². The van der Waals surface area contributed by atoms with Crippen molar-refractivity contribution in [3.05, 3.63) is 34.8 Å². The van der Waals surface area contributed by atoms with Crippen LogP contribution >= 0.6 is 22.7 Å². The van der Waals surface area contributed by atoms with Crippen LogP contribution in [0.3, 0.4) is 0 Å². The summed E-state index contributed by atoms with van der Waals surface area (Å²) in [5.41, 5.74) is 2.69. The maximum Gasteiger partial charge on any atom is 0.232 e. The van der Waals surface area contributed by atoms with E-state index in [2.05, 4.69) is 26.7 Å². The molecular weight excluding hydrogens is 356 g/mol. The molecule has 0 atom stereocenters. The molecule has 0 unspecified atom stereocenters. The number of nitrogens with zero attached hydrogens (tertiary/aromatic N) is 2. The molecule has 2 aromatic heterocycles. The Morgan fingerprint density at radius 2 is 2.04 bits per heavy atom. The van der Waals surface area contributed by atoms with E-state index in [-0.39, 0.29) is 24.2 Å². The summed E-state index contributed by atoms with van der Waals surface area (Å²) >= 11 is 2.80. The molecule has 0 saturated heterocycles. The van der Waals surface area contributed by atoms with Gasteiger partial charge < -0.3 is 10.6 Å². The van der Waals surface area contributed by atoms with Crippen LogP contribution in [0.25, 0.3) is 10.2 Å². The van der Waals surface area contributed by atoms with Gasteiger partial charge in [-0.25, -0.2) is 9.97 Å². The third kappa shape index (κ3) is 3.85. The Hall–Kier alpha value is -2.32. The Morgan fingerprint density at radius 3 is 2.84 bits per heavy atom. The Labute approximate surface area is 152 Å². The van der Waals surface area contributed by atoms with Crippen molar-refractivity contribution in [2.75, 3.05) is 10.6 Å². The van der Waals surface area contributed by atoms with Gasteiger partial charge in [-0.05, 0) is 37.5 Å². The van der Waals surface area contributed by atoms with Crippen molar-refractivity contribution in [1.82, 2.24) is 9.97 Å². The van der Waals surface area contributed by atoms with Gasteiger partial charge in [0, 0.05) is 11.3 Å². The second-order valence-corrected chi connectivity index (χ2v) is 8.01. The van der Waals surface area contributed by atoms with Gasteiger partial charge in [0.2, 0.25) is 11.8 Å². The molecule has 0 bridgehead atoms. The quantitative estimate of drug-likeness (QED) is 0.717. The van der Waals surface area contributed by atoms with Gasteiger partial charge in [-0.2, -0.15) is 0 Å². The highest BCUT2D eigenvalue weighted by Crippen LogP contribution is 2.31. The number of thiazole rings is 2. The predicted molar refractivity (Wildman–Crippen MR) is 100 cm³/mol. The molecule has 0 radical (unpaired) electrons. The first-order valence-electron chi connectivity index (χ1n) is 7.99. The molecule has 1 saturated carbocycles. The van der Waals surface area contributed by atoms with Crippen LogP contribution in [0.2, 0.25) is 0 Å². The number of aryl methyl sites for hydroxylation is 1. The van der Waals surface area contributed by atoms with E-state index in [1.54, 1.807) is 5.38 Å². The molecule has 8 heteroatoms. The average Bonchev–Trinajstić information content (AvgIpc) is 3.22. The van der Waals surface area contributed by atoms with Crippen LogP contribution in [0.15, 0.2) is 23.6 Å². The minimum absolute atomic E-state index is 0.0233. The molecule has 6 nitrogen and oxygen atoms in total. The summed E-state index contributed by atoms with van der Waals surface area (Å²) in [4.78, 5) is 32.7. The van der Waals surface area contributed by atoms with Crippen LogP contribution in [0.5, 0.6) is 0 Å². The molecule has 2 amide bonds. The number of carbonyl (C=O) groups is 2. The zero-order valence-corrected chi connectivity index (χ0v) is 15.2. The number of benzene rings is 1. The highest BCUT2D eigenvalue weighted by atomic mass is 32.1. The first-order chi connectivity index (χ1) is 12.1. The molecule has 2 heterocycles. The lowest BCUT2D eigenvalue weighted by Crippen LogP contribution is -2.15. The minimum atomic E-state index is -0.166. The van der Waals surface area contributed by atoms with Gasteiger partial charge in [-0.15, -0.1) is 11.3 Å². The highest BCUT2D eigenvalue weighted by Gasteiger charge is 2.30. The van der Waals surface area contributed by atoms with E-state index in [1.807, 2.05) is 19.1 Å². The lowest BCUT2D eigenvalue weighted by atomic mass is 10.2. The number of rotatable bonds is 5. The molecule has 1 aliphatic carbocycles. The van der Waals surface area contributed by atoms with E-state index in [1.165, 1.54) is 22.7 Å². The number of carbonyl (C=O) groups excluding carboxylic acids is 2. The Kier molecular flexibility index (Phi) is 4.22. The first kappa shape index (κ1) is 16.2. The summed E-state index contributed by atoms with van der Waals surface area (Å²) in [6, 6.07) is 6.00. The fraction of sp³-hybridized carbons (Fsp3) is 0.294.